The highest BCUT2D eigenvalue weighted by Crippen LogP contribution is 2.36. The van der Waals surface area contributed by atoms with E-state index in [0.29, 0.717) is 18.2 Å². The van der Waals surface area contributed by atoms with Crippen molar-refractivity contribution in [3.8, 4) is 5.75 Å². The van der Waals surface area contributed by atoms with E-state index in [4.69, 9.17) is 9.47 Å². The first kappa shape index (κ1) is 21.1. The summed E-state index contributed by atoms with van der Waals surface area (Å²) in [7, 11) is 0. The number of hydrogen-bond acceptors (Lipinski definition) is 4. The van der Waals surface area contributed by atoms with E-state index in [1.54, 1.807) is 0 Å². The lowest BCUT2D eigenvalue weighted by Crippen LogP contribution is -2.58. The number of aryl methyl sites for hydroxylation is 1. The molecule has 0 saturated carbocycles. The minimum absolute atomic E-state index is 0.0456. The fourth-order valence-electron chi connectivity index (χ4n) is 4.49. The van der Waals surface area contributed by atoms with Crippen molar-refractivity contribution in [3.63, 3.8) is 0 Å². The van der Waals surface area contributed by atoms with Gasteiger partial charge in [0.1, 0.15) is 12.5 Å². The van der Waals surface area contributed by atoms with Gasteiger partial charge in [0.25, 0.3) is 5.91 Å². The molecule has 28 heavy (non-hydrogen) atoms. The van der Waals surface area contributed by atoms with Crippen LogP contribution < -0.4 is 4.74 Å². The molecule has 1 aromatic rings. The molecule has 2 aliphatic rings. The predicted octanol–water partition coefficient (Wildman–Crippen LogP) is 4.09. The number of likely N-dealkylation sites (N-methyl/N-ethyl adjacent to an activating group) is 1. The van der Waals surface area contributed by atoms with Crippen LogP contribution in [0.2, 0.25) is 0 Å². The second-order valence-corrected chi connectivity index (χ2v) is 8.73. The lowest BCUT2D eigenvalue weighted by molar-refractivity contribution is -0.162. The molecular weight excluding hydrogens is 352 g/mol. The molecule has 0 radical (unpaired) electrons. The van der Waals surface area contributed by atoms with Crippen LogP contribution in [-0.2, 0) is 4.74 Å². The largest absolute Gasteiger partial charge is 0.491 e. The summed E-state index contributed by atoms with van der Waals surface area (Å²) in [5, 5.41) is 0. The first-order valence-electron chi connectivity index (χ1n) is 10.8. The lowest BCUT2D eigenvalue weighted by Gasteiger charge is -2.49. The third-order valence-corrected chi connectivity index (χ3v) is 6.15. The van der Waals surface area contributed by atoms with Gasteiger partial charge < -0.3 is 19.3 Å². The van der Waals surface area contributed by atoms with E-state index in [1.807, 2.05) is 43.9 Å². The molecule has 2 heterocycles. The van der Waals surface area contributed by atoms with Crippen LogP contribution in [0.4, 0.5) is 0 Å². The SMILES string of the molecule is CCC1CN(CC)CC2(CCN(C(=O)c3ccc(OC(C)C)c(C)c3)CO2)C1. The van der Waals surface area contributed by atoms with Crippen LogP contribution in [0.5, 0.6) is 5.75 Å². The number of piperidine rings is 1. The zero-order chi connectivity index (χ0) is 20.3. The van der Waals surface area contributed by atoms with Crippen molar-refractivity contribution >= 4 is 5.91 Å². The molecule has 1 amide bonds. The Balaban J connectivity index is 1.64. The maximum absolute atomic E-state index is 13.0. The quantitative estimate of drug-likeness (QED) is 0.762. The van der Waals surface area contributed by atoms with E-state index in [9.17, 15) is 4.79 Å². The van der Waals surface area contributed by atoms with Crippen molar-refractivity contribution in [3.05, 3.63) is 29.3 Å². The molecule has 3 rings (SSSR count). The molecule has 0 aliphatic carbocycles. The number of benzene rings is 1. The van der Waals surface area contributed by atoms with Gasteiger partial charge in [-0.15, -0.1) is 0 Å². The predicted molar refractivity (Wildman–Crippen MR) is 112 cm³/mol. The summed E-state index contributed by atoms with van der Waals surface area (Å²) < 4.78 is 12.2. The highest BCUT2D eigenvalue weighted by Gasteiger charge is 2.43. The number of ether oxygens (including phenoxy) is 2. The van der Waals surface area contributed by atoms with Crippen LogP contribution >= 0.6 is 0 Å². The molecule has 0 aromatic heterocycles. The van der Waals surface area contributed by atoms with Crippen molar-refractivity contribution < 1.29 is 14.3 Å². The number of amides is 1. The second kappa shape index (κ2) is 8.83. The normalized spacial score (nSPS) is 26.1. The molecule has 156 valence electrons. The molecule has 2 saturated heterocycles. The molecular formula is C23H36N2O3. The highest BCUT2D eigenvalue weighted by molar-refractivity contribution is 5.94. The fraction of sp³-hybridized carbons (Fsp3) is 0.696. The van der Waals surface area contributed by atoms with Crippen molar-refractivity contribution in [2.75, 3.05) is 32.9 Å². The van der Waals surface area contributed by atoms with Gasteiger partial charge in [0.15, 0.2) is 0 Å². The van der Waals surface area contributed by atoms with Crippen LogP contribution in [0.25, 0.3) is 0 Å². The summed E-state index contributed by atoms with van der Waals surface area (Å²) in [5.74, 6) is 1.57. The number of carbonyl (C=O) groups excluding carboxylic acids is 1. The molecule has 2 aliphatic heterocycles. The van der Waals surface area contributed by atoms with Crippen LogP contribution in [0.3, 0.4) is 0 Å². The Kier molecular flexibility index (Phi) is 6.66. The molecule has 2 atom stereocenters. The molecule has 5 heteroatoms. The van der Waals surface area contributed by atoms with Gasteiger partial charge in [-0.2, -0.15) is 0 Å². The maximum Gasteiger partial charge on any atom is 0.255 e. The third kappa shape index (κ3) is 4.69. The van der Waals surface area contributed by atoms with Crippen molar-refractivity contribution in [1.29, 1.82) is 0 Å². The van der Waals surface area contributed by atoms with Gasteiger partial charge in [0, 0.05) is 25.2 Å². The Labute approximate surface area is 170 Å². The van der Waals surface area contributed by atoms with E-state index in [0.717, 1.165) is 43.8 Å². The number of rotatable bonds is 5. The van der Waals surface area contributed by atoms with Gasteiger partial charge in [0.2, 0.25) is 0 Å². The van der Waals surface area contributed by atoms with Crippen LogP contribution in [0.1, 0.15) is 62.9 Å². The Bertz CT molecular complexity index is 666. The van der Waals surface area contributed by atoms with Gasteiger partial charge in [-0.3, -0.25) is 4.79 Å². The summed E-state index contributed by atoms with van der Waals surface area (Å²) in [6.45, 7) is 14.9. The van der Waals surface area contributed by atoms with Gasteiger partial charge in [0.05, 0.1) is 11.7 Å². The van der Waals surface area contributed by atoms with E-state index >= 15 is 0 Å². The molecule has 0 N–H and O–H groups in total. The van der Waals surface area contributed by atoms with Crippen LogP contribution in [0.15, 0.2) is 18.2 Å². The first-order valence-corrected chi connectivity index (χ1v) is 10.8. The Hall–Kier alpha value is -1.59. The average molecular weight is 389 g/mol. The topological polar surface area (TPSA) is 42.0 Å². The van der Waals surface area contributed by atoms with Gasteiger partial charge >= 0.3 is 0 Å². The third-order valence-electron chi connectivity index (χ3n) is 6.15. The van der Waals surface area contributed by atoms with Crippen molar-refractivity contribution in [2.45, 2.75) is 65.6 Å². The number of nitrogens with zero attached hydrogens (tertiary/aromatic N) is 2. The van der Waals surface area contributed by atoms with Gasteiger partial charge in [-0.05, 0) is 69.8 Å². The van der Waals surface area contributed by atoms with E-state index in [-0.39, 0.29) is 17.6 Å². The zero-order valence-corrected chi connectivity index (χ0v) is 18.2. The molecule has 1 aromatic carbocycles. The summed E-state index contributed by atoms with van der Waals surface area (Å²) >= 11 is 0. The number of hydrogen-bond donors (Lipinski definition) is 0. The minimum atomic E-state index is -0.0867. The maximum atomic E-state index is 13.0. The molecule has 2 fully saturated rings. The van der Waals surface area contributed by atoms with Gasteiger partial charge in [-0.25, -0.2) is 0 Å². The van der Waals surface area contributed by atoms with Crippen molar-refractivity contribution in [1.82, 2.24) is 9.80 Å². The summed E-state index contributed by atoms with van der Waals surface area (Å²) in [4.78, 5) is 17.3. The van der Waals surface area contributed by atoms with Crippen molar-refractivity contribution in [2.24, 2.45) is 5.92 Å². The smallest absolute Gasteiger partial charge is 0.255 e. The second-order valence-electron chi connectivity index (χ2n) is 8.73. The lowest BCUT2D eigenvalue weighted by atomic mass is 9.81. The van der Waals surface area contributed by atoms with Crippen LogP contribution in [0, 0.1) is 12.8 Å². The molecule has 2 unspecified atom stereocenters. The summed E-state index contributed by atoms with van der Waals surface area (Å²) in [6, 6.07) is 5.70. The Morgan fingerprint density at radius 3 is 2.71 bits per heavy atom. The van der Waals surface area contributed by atoms with Crippen LogP contribution in [-0.4, -0.2) is 60.3 Å². The summed E-state index contributed by atoms with van der Waals surface area (Å²) in [5.41, 5.74) is 1.61. The summed E-state index contributed by atoms with van der Waals surface area (Å²) in [6.07, 6.45) is 3.34. The standard InChI is InChI=1S/C23H36N2O3/c1-6-19-13-23(15-24(7-2)14-19)10-11-25(16-27-23)22(26)20-8-9-21(18(5)12-20)28-17(3)4/h8-9,12,17,19H,6-7,10-11,13-16H2,1-5H3. The van der Waals surface area contributed by atoms with E-state index < -0.39 is 0 Å². The zero-order valence-electron chi connectivity index (χ0n) is 18.2. The van der Waals surface area contributed by atoms with E-state index in [1.165, 1.54) is 13.0 Å². The Morgan fingerprint density at radius 1 is 1.36 bits per heavy atom. The highest BCUT2D eigenvalue weighted by atomic mass is 16.5. The monoisotopic (exact) mass is 388 g/mol. The molecule has 0 bridgehead atoms. The Morgan fingerprint density at radius 2 is 2.14 bits per heavy atom. The van der Waals surface area contributed by atoms with E-state index in [2.05, 4.69) is 18.7 Å². The average Bonchev–Trinajstić information content (AvgIpc) is 2.68. The first-order chi connectivity index (χ1) is 13.4. The van der Waals surface area contributed by atoms with Gasteiger partial charge in [-0.1, -0.05) is 20.3 Å². The minimum Gasteiger partial charge on any atom is -0.491 e. The molecule has 1 spiro atoms. The fourth-order valence-corrected chi connectivity index (χ4v) is 4.49. The molecule has 5 nitrogen and oxygen atoms in total. The number of likely N-dealkylation sites (tertiary alicyclic amines) is 1. The number of carbonyl (C=O) groups is 1.